The molecule has 0 aromatic heterocycles. The van der Waals surface area contributed by atoms with Crippen molar-refractivity contribution in [3.05, 3.63) is 59.7 Å². The van der Waals surface area contributed by atoms with Crippen molar-refractivity contribution in [3.8, 4) is 0 Å². The molecule has 0 unspecified atom stereocenters. The van der Waals surface area contributed by atoms with Gasteiger partial charge in [0, 0.05) is 11.2 Å². The van der Waals surface area contributed by atoms with Crippen molar-refractivity contribution in [2.75, 3.05) is 24.6 Å². The van der Waals surface area contributed by atoms with E-state index in [1.807, 2.05) is 0 Å². The van der Waals surface area contributed by atoms with E-state index in [1.54, 1.807) is 43.2 Å². The summed E-state index contributed by atoms with van der Waals surface area (Å²) >= 11 is -1.87. The quantitative estimate of drug-likeness (QED) is 0.0518. The Morgan fingerprint density at radius 1 is 0.490 bits per heavy atom. The van der Waals surface area contributed by atoms with Gasteiger partial charge in [0.25, 0.3) is 0 Å². The molecule has 0 saturated carbocycles. The molecular weight excluding hydrogens is 647 g/mol. The molecule has 0 bridgehead atoms. The van der Waals surface area contributed by atoms with Crippen molar-refractivity contribution in [1.82, 2.24) is 0 Å². The maximum atomic E-state index is 12.5. The first kappa shape index (κ1) is 45.1. The number of carboxylic acid groups (broad SMARTS) is 2. The molecule has 2 N–H and O–H groups in total. The number of unbranched alkanes of at least 4 members (excludes halogenated alkanes) is 16. The predicted molar refractivity (Wildman–Crippen MR) is 214 cm³/mol. The number of carbonyl (C=O) groups is 2. The van der Waals surface area contributed by atoms with Gasteiger partial charge in [0.2, 0.25) is 0 Å². The summed E-state index contributed by atoms with van der Waals surface area (Å²) in [6, 6.07) is 11.7. The molecule has 0 aliphatic rings. The summed E-state index contributed by atoms with van der Waals surface area (Å²) in [6.45, 7) is 9.49. The zero-order chi connectivity index (χ0) is 36.2. The third kappa shape index (κ3) is 19.3. The van der Waals surface area contributed by atoms with Gasteiger partial charge in [0.1, 0.15) is 11.1 Å². The largest absolute Gasteiger partial charge is 0.606 e. The molecule has 0 atom stereocenters. The number of benzene rings is 2. The number of hydrogen-bond donors (Lipinski definition) is 2. The van der Waals surface area contributed by atoms with Crippen LogP contribution in [0.25, 0.3) is 0 Å². The van der Waals surface area contributed by atoms with Crippen LogP contribution in [0.5, 0.6) is 0 Å². The molecule has 0 saturated heterocycles. The normalized spacial score (nSPS) is 11.7. The van der Waals surface area contributed by atoms with Crippen molar-refractivity contribution in [2.45, 2.75) is 166 Å². The molecule has 5 nitrogen and oxygen atoms in total. The second kappa shape index (κ2) is 28.8. The van der Waals surface area contributed by atoms with Crippen molar-refractivity contribution in [1.29, 1.82) is 0 Å². The van der Waals surface area contributed by atoms with Crippen LogP contribution in [0.4, 0.5) is 0 Å². The Labute approximate surface area is 304 Å². The first-order valence-electron chi connectivity index (χ1n) is 19.8. The number of rotatable bonds is 28. The fourth-order valence-corrected chi connectivity index (χ4v) is 14.0. The van der Waals surface area contributed by atoms with Gasteiger partial charge in [-0.1, -0.05) is 50.5 Å². The molecular formula is C42H71O5PS. The van der Waals surface area contributed by atoms with Crippen LogP contribution in [0.1, 0.15) is 177 Å². The fourth-order valence-electron chi connectivity index (χ4n) is 6.83. The van der Waals surface area contributed by atoms with Gasteiger partial charge in [-0.05, 0) is 24.3 Å². The summed E-state index contributed by atoms with van der Waals surface area (Å²) in [5.74, 6) is -2.41. The smallest absolute Gasteiger partial charge is 0.340 e. The Kier molecular flexibility index (Phi) is 26.5. The van der Waals surface area contributed by atoms with E-state index in [0.717, 1.165) is 0 Å². The molecule has 7 heteroatoms. The van der Waals surface area contributed by atoms with E-state index in [0.29, 0.717) is 0 Å². The second-order valence-electron chi connectivity index (χ2n) is 14.0. The topological polar surface area (TPSA) is 97.7 Å². The molecule has 0 amide bonds. The van der Waals surface area contributed by atoms with E-state index >= 15 is 0 Å². The van der Waals surface area contributed by atoms with Crippen LogP contribution in [0.2, 0.25) is 0 Å². The Hall–Kier alpha value is -1.88. The Morgan fingerprint density at radius 2 is 0.776 bits per heavy atom. The first-order valence-corrected chi connectivity index (χ1v) is 23.8. The monoisotopic (exact) mass is 718 g/mol. The van der Waals surface area contributed by atoms with E-state index in [9.17, 15) is 14.1 Å². The van der Waals surface area contributed by atoms with Crippen LogP contribution >= 0.6 is 7.26 Å². The van der Waals surface area contributed by atoms with Crippen LogP contribution in [0.3, 0.4) is 0 Å². The minimum atomic E-state index is -1.87. The van der Waals surface area contributed by atoms with Crippen LogP contribution in [0, 0.1) is 0 Å². The van der Waals surface area contributed by atoms with E-state index in [-0.39, 0.29) is 20.9 Å². The van der Waals surface area contributed by atoms with Gasteiger partial charge in [-0.15, -0.1) is 0 Å². The summed E-state index contributed by atoms with van der Waals surface area (Å²) < 4.78 is 12.5. The minimum absolute atomic E-state index is 0.0775. The molecule has 2 aromatic carbocycles. The van der Waals surface area contributed by atoms with Gasteiger partial charge >= 0.3 is 174 Å². The second-order valence-corrected chi connectivity index (χ2v) is 20.4. The van der Waals surface area contributed by atoms with Gasteiger partial charge in [0.05, 0.1) is 0 Å². The molecule has 0 radical (unpaired) electrons. The third-order valence-corrected chi connectivity index (χ3v) is 17.0. The Morgan fingerprint density at radius 3 is 1.10 bits per heavy atom. The summed E-state index contributed by atoms with van der Waals surface area (Å²) in [6.07, 6.45) is 36.2. The maximum Gasteiger partial charge on any atom is 0.340 e. The molecule has 49 heavy (non-hydrogen) atoms. The molecule has 0 fully saturated rings. The van der Waals surface area contributed by atoms with E-state index < -0.39 is 30.4 Å². The number of carboxylic acids is 2. The molecule has 0 spiro atoms. The van der Waals surface area contributed by atoms with Gasteiger partial charge < -0.3 is 14.8 Å². The number of hydrogen-bond acceptors (Lipinski definition) is 3. The van der Waals surface area contributed by atoms with Gasteiger partial charge in [0.15, 0.2) is 9.79 Å². The summed E-state index contributed by atoms with van der Waals surface area (Å²) in [7, 11) is -0.961. The van der Waals surface area contributed by atoms with Crippen LogP contribution < -0.4 is 0 Å². The molecule has 0 heterocycles. The first-order chi connectivity index (χ1) is 23.8. The summed E-state index contributed by atoms with van der Waals surface area (Å²) in [4.78, 5) is 22.4. The van der Waals surface area contributed by atoms with E-state index in [1.165, 1.54) is 158 Å². The predicted octanol–water partition coefficient (Wildman–Crippen LogP) is 12.9. The molecule has 280 valence electrons. The standard InChI is InChI=1S/C28H61P.C14H10O5S/c1-5-9-13-14-15-16-17-18-19-20-21-22-23-24-28-29(25-10-6-2,26-11-7-3)27-12-8-4;15-13(16)9-5-1-3-7-11(9)20(19)12-8-4-2-6-10(12)14(17)18/h29H,5-28H2,1-4H3;1-8H,(H,15,16)(H,17,18). The SMILES string of the molecule is CCCCCCCCCCCCCCCC[PH](CCCC)(CCCC)CCCC.O=C(O)c1ccccc1[S+]([O-])c1ccccc1C(=O)O. The zero-order valence-corrected chi connectivity index (χ0v) is 33.4. The van der Waals surface area contributed by atoms with Gasteiger partial charge in [-0.25, -0.2) is 9.59 Å². The van der Waals surface area contributed by atoms with Crippen molar-refractivity contribution >= 4 is 30.4 Å². The maximum absolute atomic E-state index is 12.5. The van der Waals surface area contributed by atoms with Crippen molar-refractivity contribution in [2.24, 2.45) is 0 Å². The summed E-state index contributed by atoms with van der Waals surface area (Å²) in [5, 5.41) is 18.2. The molecule has 0 aliphatic carbocycles. The zero-order valence-electron chi connectivity index (χ0n) is 31.6. The molecule has 2 aromatic rings. The minimum Gasteiger partial charge on any atom is -0.606 e. The molecule has 0 aliphatic heterocycles. The van der Waals surface area contributed by atoms with Crippen LogP contribution in [-0.4, -0.2) is 51.4 Å². The average molecular weight is 719 g/mol. The van der Waals surface area contributed by atoms with Gasteiger partial charge in [-0.2, -0.15) is 0 Å². The van der Waals surface area contributed by atoms with E-state index in [2.05, 4.69) is 27.7 Å². The van der Waals surface area contributed by atoms with Crippen LogP contribution in [-0.2, 0) is 11.2 Å². The van der Waals surface area contributed by atoms with Crippen molar-refractivity contribution < 1.29 is 24.4 Å². The Balaban J connectivity index is 0.000000520. The Bertz CT molecular complexity index is 1060. The third-order valence-electron chi connectivity index (χ3n) is 9.88. The average Bonchev–Trinajstić information content (AvgIpc) is 3.12. The van der Waals surface area contributed by atoms with Gasteiger partial charge in [-0.3, -0.25) is 0 Å². The van der Waals surface area contributed by atoms with Crippen molar-refractivity contribution in [3.63, 3.8) is 0 Å². The van der Waals surface area contributed by atoms with E-state index in [4.69, 9.17) is 10.2 Å². The number of aromatic carboxylic acids is 2. The van der Waals surface area contributed by atoms with Crippen LogP contribution in [0.15, 0.2) is 58.3 Å². The summed E-state index contributed by atoms with van der Waals surface area (Å²) in [5.41, 5.74) is -0.211. The fraction of sp³-hybridized carbons (Fsp3) is 0.667. The molecule has 2 rings (SSSR count).